The number of amides is 1. The molecule has 6 heteroatoms. The van der Waals surface area contributed by atoms with Gasteiger partial charge in [-0.15, -0.1) is 0 Å². The SMILES string of the molecule is CC(C)(Nc1nccnc1N)C(N)=O. The summed E-state index contributed by atoms with van der Waals surface area (Å²) in [5.41, 5.74) is 9.82. The lowest BCUT2D eigenvalue weighted by Gasteiger charge is -2.23. The molecule has 0 aromatic carbocycles. The first-order valence-electron chi connectivity index (χ1n) is 4.08. The number of hydrogen-bond acceptors (Lipinski definition) is 5. The predicted octanol–water partition coefficient (Wildman–Crippen LogP) is -0.265. The minimum absolute atomic E-state index is 0.238. The summed E-state index contributed by atoms with van der Waals surface area (Å²) in [5, 5.41) is 2.81. The van der Waals surface area contributed by atoms with Gasteiger partial charge in [-0.1, -0.05) is 0 Å². The number of hydrogen-bond donors (Lipinski definition) is 3. The van der Waals surface area contributed by atoms with Crippen LogP contribution in [0.3, 0.4) is 0 Å². The lowest BCUT2D eigenvalue weighted by molar-refractivity contribution is -0.121. The average molecular weight is 195 g/mol. The van der Waals surface area contributed by atoms with Crippen LogP contribution in [-0.4, -0.2) is 21.4 Å². The van der Waals surface area contributed by atoms with E-state index in [2.05, 4.69) is 15.3 Å². The molecule has 1 amide bonds. The third kappa shape index (κ3) is 2.09. The van der Waals surface area contributed by atoms with Crippen LogP contribution in [0.1, 0.15) is 13.8 Å². The van der Waals surface area contributed by atoms with E-state index >= 15 is 0 Å². The third-order valence-corrected chi connectivity index (χ3v) is 1.77. The van der Waals surface area contributed by atoms with Crippen LogP contribution in [0, 0.1) is 0 Å². The van der Waals surface area contributed by atoms with Gasteiger partial charge in [-0.3, -0.25) is 4.79 Å². The molecule has 0 radical (unpaired) electrons. The molecule has 0 saturated heterocycles. The van der Waals surface area contributed by atoms with E-state index < -0.39 is 11.4 Å². The van der Waals surface area contributed by atoms with Crippen molar-refractivity contribution in [3.63, 3.8) is 0 Å². The van der Waals surface area contributed by atoms with Crippen LogP contribution < -0.4 is 16.8 Å². The lowest BCUT2D eigenvalue weighted by atomic mass is 10.1. The third-order valence-electron chi connectivity index (χ3n) is 1.77. The fourth-order valence-electron chi connectivity index (χ4n) is 0.803. The number of nitrogens with zero attached hydrogens (tertiary/aromatic N) is 2. The number of aromatic nitrogens is 2. The Morgan fingerprint density at radius 2 is 2.00 bits per heavy atom. The molecule has 6 nitrogen and oxygen atoms in total. The van der Waals surface area contributed by atoms with Gasteiger partial charge in [0.25, 0.3) is 0 Å². The summed E-state index contributed by atoms with van der Waals surface area (Å²) < 4.78 is 0. The Kier molecular flexibility index (Phi) is 2.55. The Morgan fingerprint density at radius 1 is 1.43 bits per heavy atom. The van der Waals surface area contributed by atoms with Gasteiger partial charge in [0.05, 0.1) is 0 Å². The predicted molar refractivity (Wildman–Crippen MR) is 53.3 cm³/mol. The minimum Gasteiger partial charge on any atom is -0.381 e. The molecule has 1 aromatic heterocycles. The summed E-state index contributed by atoms with van der Waals surface area (Å²) in [6, 6.07) is 0. The average Bonchev–Trinajstić information content (AvgIpc) is 2.08. The van der Waals surface area contributed by atoms with Gasteiger partial charge in [-0.2, -0.15) is 0 Å². The highest BCUT2D eigenvalue weighted by Gasteiger charge is 2.25. The van der Waals surface area contributed by atoms with Crippen molar-refractivity contribution in [1.29, 1.82) is 0 Å². The number of rotatable bonds is 3. The van der Waals surface area contributed by atoms with Crippen LogP contribution >= 0.6 is 0 Å². The first-order valence-corrected chi connectivity index (χ1v) is 4.08. The molecular formula is C8H13N5O. The highest BCUT2D eigenvalue weighted by molar-refractivity contribution is 5.87. The quantitative estimate of drug-likeness (QED) is 0.615. The smallest absolute Gasteiger partial charge is 0.242 e. The molecule has 1 heterocycles. The Hall–Kier alpha value is -1.85. The molecule has 0 aliphatic heterocycles. The number of nitrogens with one attached hydrogen (secondary N) is 1. The van der Waals surface area contributed by atoms with Gasteiger partial charge in [-0.05, 0) is 13.8 Å². The monoisotopic (exact) mass is 195 g/mol. The van der Waals surface area contributed by atoms with Crippen molar-refractivity contribution in [3.05, 3.63) is 12.4 Å². The van der Waals surface area contributed by atoms with Gasteiger partial charge in [-0.25, -0.2) is 9.97 Å². The first kappa shape index (κ1) is 10.2. The number of nitrogens with two attached hydrogens (primary N) is 2. The lowest BCUT2D eigenvalue weighted by Crippen LogP contribution is -2.45. The van der Waals surface area contributed by atoms with Gasteiger partial charge in [0.15, 0.2) is 11.6 Å². The minimum atomic E-state index is -0.899. The Labute approximate surface area is 81.7 Å². The van der Waals surface area contributed by atoms with Crippen molar-refractivity contribution >= 4 is 17.5 Å². The van der Waals surface area contributed by atoms with Crippen LogP contribution in [0.2, 0.25) is 0 Å². The highest BCUT2D eigenvalue weighted by atomic mass is 16.1. The Balaban J connectivity index is 2.89. The van der Waals surface area contributed by atoms with Gasteiger partial charge >= 0.3 is 0 Å². The van der Waals surface area contributed by atoms with Crippen molar-refractivity contribution in [2.24, 2.45) is 5.73 Å². The molecule has 0 fully saturated rings. The van der Waals surface area contributed by atoms with Crippen molar-refractivity contribution < 1.29 is 4.79 Å². The molecule has 76 valence electrons. The van der Waals surface area contributed by atoms with Crippen LogP contribution in [0.4, 0.5) is 11.6 Å². The Bertz CT molecular complexity index is 349. The van der Waals surface area contributed by atoms with E-state index in [1.807, 2.05) is 0 Å². The molecule has 0 unspecified atom stereocenters. The number of nitrogen functional groups attached to an aromatic ring is 1. The summed E-state index contributed by atoms with van der Waals surface area (Å²) in [5.74, 6) is 0.112. The molecule has 14 heavy (non-hydrogen) atoms. The summed E-state index contributed by atoms with van der Waals surface area (Å²) in [4.78, 5) is 18.8. The van der Waals surface area contributed by atoms with E-state index in [0.29, 0.717) is 5.82 Å². The molecule has 1 aromatic rings. The summed E-state index contributed by atoms with van der Waals surface area (Å²) in [6.07, 6.45) is 2.95. The van der Waals surface area contributed by atoms with E-state index in [0.717, 1.165) is 0 Å². The van der Waals surface area contributed by atoms with Crippen molar-refractivity contribution in [1.82, 2.24) is 9.97 Å². The van der Waals surface area contributed by atoms with E-state index in [4.69, 9.17) is 11.5 Å². The van der Waals surface area contributed by atoms with Crippen molar-refractivity contribution in [3.8, 4) is 0 Å². The van der Waals surface area contributed by atoms with Crippen LogP contribution in [0.15, 0.2) is 12.4 Å². The zero-order chi connectivity index (χ0) is 10.8. The second kappa shape index (κ2) is 3.49. The number of carbonyl (C=O) groups is 1. The van der Waals surface area contributed by atoms with E-state index in [1.165, 1.54) is 12.4 Å². The molecule has 5 N–H and O–H groups in total. The highest BCUT2D eigenvalue weighted by Crippen LogP contribution is 2.16. The fraction of sp³-hybridized carbons (Fsp3) is 0.375. The molecule has 0 atom stereocenters. The van der Waals surface area contributed by atoms with Gasteiger partial charge in [0, 0.05) is 12.4 Å². The van der Waals surface area contributed by atoms with Gasteiger partial charge < -0.3 is 16.8 Å². The summed E-state index contributed by atoms with van der Waals surface area (Å²) >= 11 is 0. The largest absolute Gasteiger partial charge is 0.381 e. The van der Waals surface area contributed by atoms with E-state index in [-0.39, 0.29) is 5.82 Å². The summed E-state index contributed by atoms with van der Waals surface area (Å²) in [6.45, 7) is 3.28. The molecule has 1 rings (SSSR count). The normalized spacial score (nSPS) is 11.0. The van der Waals surface area contributed by atoms with Crippen LogP contribution in [-0.2, 0) is 4.79 Å². The van der Waals surface area contributed by atoms with Gasteiger partial charge in [0.2, 0.25) is 5.91 Å². The zero-order valence-corrected chi connectivity index (χ0v) is 8.11. The number of primary amides is 1. The second-order valence-electron chi connectivity index (χ2n) is 3.40. The first-order chi connectivity index (χ1) is 6.43. The maximum atomic E-state index is 11.0. The Morgan fingerprint density at radius 3 is 2.50 bits per heavy atom. The second-order valence-corrected chi connectivity index (χ2v) is 3.40. The number of anilines is 2. The van der Waals surface area contributed by atoms with Crippen molar-refractivity contribution in [2.45, 2.75) is 19.4 Å². The van der Waals surface area contributed by atoms with Crippen LogP contribution in [0.5, 0.6) is 0 Å². The molecule has 0 aliphatic rings. The standard InChI is InChI=1S/C8H13N5O/c1-8(2,7(10)14)13-6-5(9)11-3-4-12-6/h3-4H,1-2H3,(H2,9,11)(H2,10,14)(H,12,13). The maximum absolute atomic E-state index is 11.0. The molecule has 0 spiro atoms. The molecule has 0 saturated carbocycles. The van der Waals surface area contributed by atoms with Crippen molar-refractivity contribution in [2.75, 3.05) is 11.1 Å². The molecule has 0 bridgehead atoms. The summed E-state index contributed by atoms with van der Waals surface area (Å²) in [7, 11) is 0. The van der Waals surface area contributed by atoms with E-state index in [9.17, 15) is 4.79 Å². The molecule has 0 aliphatic carbocycles. The topological polar surface area (TPSA) is 107 Å². The fourth-order valence-corrected chi connectivity index (χ4v) is 0.803. The maximum Gasteiger partial charge on any atom is 0.242 e. The van der Waals surface area contributed by atoms with Crippen LogP contribution in [0.25, 0.3) is 0 Å². The van der Waals surface area contributed by atoms with E-state index in [1.54, 1.807) is 13.8 Å². The number of carbonyl (C=O) groups excluding carboxylic acids is 1. The zero-order valence-electron chi connectivity index (χ0n) is 8.11. The van der Waals surface area contributed by atoms with Gasteiger partial charge in [0.1, 0.15) is 5.54 Å². The molecular weight excluding hydrogens is 182 g/mol.